The Bertz CT molecular complexity index is 897. The molecule has 2 rings (SSSR count). The number of aryl methyl sites for hydroxylation is 2. The molecule has 0 spiro atoms. The molecule has 2 amide bonds. The molecular weight excluding hydrogens is 404 g/mol. The van der Waals surface area contributed by atoms with Crippen LogP contribution in [0.5, 0.6) is 11.5 Å². The van der Waals surface area contributed by atoms with Gasteiger partial charge in [0.1, 0.15) is 6.04 Å². The van der Waals surface area contributed by atoms with Crippen LogP contribution in [0.4, 0.5) is 0 Å². The van der Waals surface area contributed by atoms with Gasteiger partial charge < -0.3 is 19.7 Å². The highest BCUT2D eigenvalue weighted by molar-refractivity contribution is 5.87. The van der Waals surface area contributed by atoms with Gasteiger partial charge in [-0.15, -0.1) is 0 Å². The highest BCUT2D eigenvalue weighted by Gasteiger charge is 2.26. The fraction of sp³-hybridized carbons (Fsp3) is 0.462. The van der Waals surface area contributed by atoms with Crippen molar-refractivity contribution in [2.24, 2.45) is 0 Å². The Kier molecular flexibility index (Phi) is 10.1. The summed E-state index contributed by atoms with van der Waals surface area (Å²) in [6.07, 6.45) is 0.854. The lowest BCUT2D eigenvalue weighted by Gasteiger charge is -2.29. The highest BCUT2D eigenvalue weighted by Crippen LogP contribution is 2.29. The molecule has 0 heterocycles. The number of rotatable bonds is 12. The number of amides is 2. The summed E-state index contributed by atoms with van der Waals surface area (Å²) >= 11 is 0. The zero-order valence-electron chi connectivity index (χ0n) is 19.9. The maximum Gasteiger partial charge on any atom is 0.242 e. The number of hydrogen-bond donors (Lipinski definition) is 1. The molecule has 0 saturated carbocycles. The van der Waals surface area contributed by atoms with Crippen LogP contribution in [0.2, 0.25) is 0 Å². The molecule has 0 unspecified atom stereocenters. The molecular formula is C26H36N2O4. The maximum absolute atomic E-state index is 13.3. The van der Waals surface area contributed by atoms with Gasteiger partial charge in [0.15, 0.2) is 11.5 Å². The first-order valence-corrected chi connectivity index (χ1v) is 11.4. The number of nitrogens with zero attached hydrogens (tertiary/aromatic N) is 1. The van der Waals surface area contributed by atoms with Crippen LogP contribution in [0.1, 0.15) is 50.8 Å². The van der Waals surface area contributed by atoms with Crippen molar-refractivity contribution in [3.05, 3.63) is 59.2 Å². The minimum absolute atomic E-state index is 0.0566. The molecule has 0 aliphatic carbocycles. The average molecular weight is 441 g/mol. The van der Waals surface area contributed by atoms with Gasteiger partial charge in [-0.1, -0.05) is 30.3 Å². The van der Waals surface area contributed by atoms with Gasteiger partial charge >= 0.3 is 0 Å². The van der Waals surface area contributed by atoms with E-state index in [1.54, 1.807) is 11.8 Å². The van der Waals surface area contributed by atoms with Crippen molar-refractivity contribution in [3.63, 3.8) is 0 Å². The molecule has 0 bridgehead atoms. The van der Waals surface area contributed by atoms with Crippen molar-refractivity contribution in [1.82, 2.24) is 10.2 Å². The van der Waals surface area contributed by atoms with Crippen molar-refractivity contribution in [2.75, 3.05) is 19.8 Å². The standard InChI is InChI=1S/C26H36N2O4/c1-6-27-26(30)20(5)28(18-22-12-10-9-11-19(22)4)25(29)16-14-21-13-15-23(31-7-2)24(17-21)32-8-3/h9-13,15,17,20H,6-8,14,16,18H2,1-5H3,(H,27,30)/t20-/m1/s1. The summed E-state index contributed by atoms with van der Waals surface area (Å²) in [7, 11) is 0. The first kappa shape index (κ1) is 25.2. The molecule has 6 heteroatoms. The summed E-state index contributed by atoms with van der Waals surface area (Å²) in [6, 6.07) is 13.2. The van der Waals surface area contributed by atoms with Crippen LogP contribution >= 0.6 is 0 Å². The molecule has 0 aliphatic rings. The van der Waals surface area contributed by atoms with Crippen LogP contribution in [0, 0.1) is 6.92 Å². The molecule has 0 saturated heterocycles. The van der Waals surface area contributed by atoms with E-state index in [9.17, 15) is 9.59 Å². The van der Waals surface area contributed by atoms with Gasteiger partial charge in [-0.3, -0.25) is 9.59 Å². The van der Waals surface area contributed by atoms with E-state index in [2.05, 4.69) is 5.32 Å². The van der Waals surface area contributed by atoms with Gasteiger partial charge in [0, 0.05) is 19.5 Å². The zero-order valence-corrected chi connectivity index (χ0v) is 19.9. The number of likely N-dealkylation sites (N-methyl/N-ethyl adjacent to an activating group) is 1. The smallest absolute Gasteiger partial charge is 0.242 e. The SMILES string of the molecule is CCNC(=O)[C@@H](C)N(Cc1ccccc1C)C(=O)CCc1ccc(OCC)c(OCC)c1. The summed E-state index contributed by atoms with van der Waals surface area (Å²) in [5, 5.41) is 2.83. The van der Waals surface area contributed by atoms with Crippen molar-refractivity contribution >= 4 is 11.8 Å². The molecule has 0 aromatic heterocycles. The minimum atomic E-state index is -0.554. The molecule has 1 atom stereocenters. The number of carbonyl (C=O) groups excluding carboxylic acids is 2. The topological polar surface area (TPSA) is 67.9 Å². The second kappa shape index (κ2) is 12.7. The molecule has 2 aromatic carbocycles. The Hall–Kier alpha value is -3.02. The molecule has 6 nitrogen and oxygen atoms in total. The molecule has 1 N–H and O–H groups in total. The van der Waals surface area contributed by atoms with E-state index in [1.807, 2.05) is 70.2 Å². The Labute approximate surface area is 191 Å². The van der Waals surface area contributed by atoms with Crippen molar-refractivity contribution in [1.29, 1.82) is 0 Å². The Balaban J connectivity index is 2.17. The van der Waals surface area contributed by atoms with E-state index in [1.165, 1.54) is 0 Å². The molecule has 0 fully saturated rings. The normalized spacial score (nSPS) is 11.5. The van der Waals surface area contributed by atoms with E-state index in [-0.39, 0.29) is 11.8 Å². The second-order valence-electron chi connectivity index (χ2n) is 7.67. The van der Waals surface area contributed by atoms with Gasteiger partial charge in [-0.25, -0.2) is 0 Å². The molecule has 174 valence electrons. The zero-order chi connectivity index (χ0) is 23.5. The monoisotopic (exact) mass is 440 g/mol. The van der Waals surface area contributed by atoms with Crippen molar-refractivity contribution in [2.45, 2.75) is 60.0 Å². The first-order valence-electron chi connectivity index (χ1n) is 11.4. The molecule has 2 aromatic rings. The maximum atomic E-state index is 13.3. The fourth-order valence-electron chi connectivity index (χ4n) is 3.52. The van der Waals surface area contributed by atoms with Crippen molar-refractivity contribution < 1.29 is 19.1 Å². The van der Waals surface area contributed by atoms with Crippen molar-refractivity contribution in [3.8, 4) is 11.5 Å². The predicted molar refractivity (Wildman–Crippen MR) is 127 cm³/mol. The van der Waals surface area contributed by atoms with Gasteiger partial charge in [0.25, 0.3) is 0 Å². The van der Waals surface area contributed by atoms with E-state index in [4.69, 9.17) is 9.47 Å². The second-order valence-corrected chi connectivity index (χ2v) is 7.67. The van der Waals surface area contributed by atoms with Crippen LogP contribution in [-0.2, 0) is 22.6 Å². The number of benzene rings is 2. The minimum Gasteiger partial charge on any atom is -0.490 e. The van der Waals surface area contributed by atoms with E-state index >= 15 is 0 Å². The van der Waals surface area contributed by atoms with Gasteiger partial charge in [0.2, 0.25) is 11.8 Å². The molecule has 32 heavy (non-hydrogen) atoms. The third kappa shape index (κ3) is 7.01. The van der Waals surface area contributed by atoms with Crippen LogP contribution in [0.3, 0.4) is 0 Å². The molecule has 0 radical (unpaired) electrons. The van der Waals surface area contributed by atoms with Gasteiger partial charge in [0.05, 0.1) is 13.2 Å². The van der Waals surface area contributed by atoms with Gasteiger partial charge in [-0.2, -0.15) is 0 Å². The molecule has 0 aliphatic heterocycles. The van der Waals surface area contributed by atoms with E-state index in [0.29, 0.717) is 50.6 Å². The quantitative estimate of drug-likeness (QED) is 0.535. The summed E-state index contributed by atoms with van der Waals surface area (Å²) in [4.78, 5) is 27.4. The Morgan fingerprint density at radius 3 is 2.34 bits per heavy atom. The lowest BCUT2D eigenvalue weighted by Crippen LogP contribution is -2.47. The van der Waals surface area contributed by atoms with Crippen LogP contribution < -0.4 is 14.8 Å². The van der Waals surface area contributed by atoms with Crippen LogP contribution in [-0.4, -0.2) is 42.5 Å². The lowest BCUT2D eigenvalue weighted by molar-refractivity contribution is -0.140. The lowest BCUT2D eigenvalue weighted by atomic mass is 10.1. The predicted octanol–water partition coefficient (Wildman–Crippen LogP) is 4.28. The Morgan fingerprint density at radius 1 is 1.00 bits per heavy atom. The summed E-state index contributed by atoms with van der Waals surface area (Å²) in [5.41, 5.74) is 3.13. The fourth-order valence-corrected chi connectivity index (χ4v) is 3.52. The van der Waals surface area contributed by atoms with Gasteiger partial charge in [-0.05, 0) is 69.9 Å². The van der Waals surface area contributed by atoms with Crippen LogP contribution in [0.15, 0.2) is 42.5 Å². The van der Waals surface area contributed by atoms with E-state index in [0.717, 1.165) is 16.7 Å². The summed E-state index contributed by atoms with van der Waals surface area (Å²) in [6.45, 7) is 11.6. The largest absolute Gasteiger partial charge is 0.490 e. The summed E-state index contributed by atoms with van der Waals surface area (Å²) < 4.78 is 11.3. The van der Waals surface area contributed by atoms with Crippen LogP contribution in [0.25, 0.3) is 0 Å². The summed E-state index contributed by atoms with van der Waals surface area (Å²) in [5.74, 6) is 1.19. The number of nitrogens with one attached hydrogen (secondary N) is 1. The van der Waals surface area contributed by atoms with E-state index < -0.39 is 6.04 Å². The Morgan fingerprint density at radius 2 is 1.69 bits per heavy atom. The highest BCUT2D eigenvalue weighted by atomic mass is 16.5. The number of hydrogen-bond acceptors (Lipinski definition) is 4. The third-order valence-electron chi connectivity index (χ3n) is 5.36. The average Bonchev–Trinajstić information content (AvgIpc) is 2.78. The first-order chi connectivity index (χ1) is 15.4. The third-order valence-corrected chi connectivity index (χ3v) is 5.36. The number of ether oxygens (including phenoxy) is 2. The number of carbonyl (C=O) groups is 2.